The first kappa shape index (κ1) is 28.7. The van der Waals surface area contributed by atoms with Gasteiger partial charge in [-0.15, -0.1) is 0 Å². The van der Waals surface area contributed by atoms with Crippen molar-refractivity contribution in [3.05, 3.63) is 53.6 Å². The average molecular weight is 569 g/mol. The predicted molar refractivity (Wildman–Crippen MR) is 148 cm³/mol. The summed E-state index contributed by atoms with van der Waals surface area (Å²) in [6.45, 7) is 2.31. The SMILES string of the molecule is CCC1(P(C2CCCCC2)C2CCCCC2)c2ccccc2-c2ccc(S(=O)(=O)O)cc21.O=S(=O)(O)O. The standard InChI is InChI=1S/C27H35O3PS.H2O4S/c1-2-27(31(20-11-5-3-6-12-20)21-13-7-4-8-14-21)25-16-10-9-15-23(25)24-18-17-22(19-26(24)27)32(28,29)30;1-5(2,3)4/h9-10,15-21H,2-8,11-14H2,1H3,(H,28,29,30);(H2,1,2,3,4). The quantitative estimate of drug-likeness (QED) is 0.260. The van der Waals surface area contributed by atoms with Crippen molar-refractivity contribution >= 4 is 28.4 Å². The minimum Gasteiger partial charge on any atom is -0.282 e. The van der Waals surface area contributed by atoms with Crippen LogP contribution in [0.4, 0.5) is 0 Å². The third kappa shape index (κ3) is 6.13. The highest BCUT2D eigenvalue weighted by molar-refractivity contribution is 7.85. The van der Waals surface area contributed by atoms with Gasteiger partial charge in [-0.25, -0.2) is 0 Å². The second kappa shape index (κ2) is 11.4. The molecule has 0 aromatic heterocycles. The summed E-state index contributed by atoms with van der Waals surface area (Å²) in [5.74, 6) is 0. The molecule has 2 aromatic carbocycles. The molecule has 2 fully saturated rings. The molecule has 0 bridgehead atoms. The first-order chi connectivity index (χ1) is 17.5. The molecule has 2 saturated carbocycles. The summed E-state index contributed by atoms with van der Waals surface area (Å²) in [5.41, 5.74) is 6.51. The molecule has 204 valence electrons. The molecule has 3 aliphatic rings. The van der Waals surface area contributed by atoms with E-state index in [-0.39, 0.29) is 18.0 Å². The van der Waals surface area contributed by atoms with Gasteiger partial charge in [-0.2, -0.15) is 16.8 Å². The first-order valence-corrected chi connectivity index (χ1v) is 17.5. The average Bonchev–Trinajstić information content (AvgIpc) is 3.14. The lowest BCUT2D eigenvalue weighted by Crippen LogP contribution is -2.34. The molecule has 1 unspecified atom stereocenters. The Bertz CT molecular complexity index is 1290. The molecule has 5 rings (SSSR count). The van der Waals surface area contributed by atoms with Crippen LogP contribution in [0.3, 0.4) is 0 Å². The zero-order valence-corrected chi connectivity index (χ0v) is 23.7. The normalized spacial score (nSPS) is 22.7. The van der Waals surface area contributed by atoms with Gasteiger partial charge >= 0.3 is 10.4 Å². The van der Waals surface area contributed by atoms with E-state index < -0.39 is 20.5 Å². The maximum atomic E-state index is 12.1. The van der Waals surface area contributed by atoms with Crippen molar-refractivity contribution in [1.82, 2.24) is 0 Å². The molecule has 3 aliphatic carbocycles. The Balaban J connectivity index is 0.000000586. The van der Waals surface area contributed by atoms with Gasteiger partial charge in [-0.05, 0) is 77.8 Å². The second-order valence-corrected chi connectivity index (χ2v) is 15.7. The Labute approximate surface area is 222 Å². The molecule has 1 atom stereocenters. The van der Waals surface area contributed by atoms with Crippen molar-refractivity contribution in [2.24, 2.45) is 0 Å². The molecule has 7 nitrogen and oxygen atoms in total. The highest BCUT2D eigenvalue weighted by Gasteiger charge is 2.52. The van der Waals surface area contributed by atoms with Crippen LogP contribution in [0.1, 0.15) is 88.7 Å². The maximum absolute atomic E-state index is 12.1. The number of hydrogen-bond acceptors (Lipinski definition) is 4. The Morgan fingerprint density at radius 1 is 0.757 bits per heavy atom. The van der Waals surface area contributed by atoms with Crippen molar-refractivity contribution in [3.8, 4) is 11.1 Å². The van der Waals surface area contributed by atoms with Crippen LogP contribution >= 0.6 is 7.92 Å². The topological polar surface area (TPSA) is 129 Å². The number of hydrogen-bond donors (Lipinski definition) is 3. The zero-order chi connectivity index (χ0) is 26.8. The Morgan fingerprint density at radius 3 is 1.73 bits per heavy atom. The molecule has 0 radical (unpaired) electrons. The van der Waals surface area contributed by atoms with Gasteiger partial charge in [0.2, 0.25) is 0 Å². The Hall–Kier alpha value is -1.35. The summed E-state index contributed by atoms with van der Waals surface area (Å²) < 4.78 is 65.8. The van der Waals surface area contributed by atoms with Gasteiger partial charge in [0.15, 0.2) is 0 Å². The van der Waals surface area contributed by atoms with Crippen molar-refractivity contribution < 1.29 is 30.5 Å². The molecule has 0 heterocycles. The van der Waals surface area contributed by atoms with Gasteiger partial charge in [0.05, 0.1) is 4.90 Å². The molecular weight excluding hydrogens is 531 g/mol. The van der Waals surface area contributed by atoms with Crippen LogP contribution in [0.25, 0.3) is 11.1 Å². The van der Waals surface area contributed by atoms with E-state index >= 15 is 0 Å². The zero-order valence-electron chi connectivity index (χ0n) is 21.2. The van der Waals surface area contributed by atoms with Crippen molar-refractivity contribution in [2.45, 2.75) is 98.9 Å². The van der Waals surface area contributed by atoms with Crippen LogP contribution < -0.4 is 0 Å². The monoisotopic (exact) mass is 568 g/mol. The summed E-state index contributed by atoms with van der Waals surface area (Å²) in [5, 5.41) is -0.119. The van der Waals surface area contributed by atoms with Gasteiger partial charge in [0, 0.05) is 5.16 Å². The lowest BCUT2D eigenvalue weighted by atomic mass is 9.93. The van der Waals surface area contributed by atoms with Crippen LogP contribution in [0, 0.1) is 0 Å². The summed E-state index contributed by atoms with van der Waals surface area (Å²) >= 11 is 0. The molecule has 2 aromatic rings. The second-order valence-electron chi connectivity index (χ2n) is 10.4. The van der Waals surface area contributed by atoms with Gasteiger partial charge < -0.3 is 0 Å². The van der Waals surface area contributed by atoms with Crippen molar-refractivity contribution in [3.63, 3.8) is 0 Å². The summed E-state index contributed by atoms with van der Waals surface area (Å²) in [6, 6.07) is 14.2. The number of benzene rings is 2. The molecule has 0 spiro atoms. The number of rotatable bonds is 5. The van der Waals surface area contributed by atoms with E-state index in [4.69, 9.17) is 17.5 Å². The Kier molecular flexibility index (Phi) is 8.83. The lowest BCUT2D eigenvalue weighted by molar-refractivity contribution is 0.381. The minimum absolute atomic E-state index is 0.0455. The van der Waals surface area contributed by atoms with E-state index in [1.807, 2.05) is 12.1 Å². The third-order valence-corrected chi connectivity index (χ3v) is 13.4. The highest BCUT2D eigenvalue weighted by atomic mass is 32.3. The van der Waals surface area contributed by atoms with E-state index in [1.165, 1.54) is 86.5 Å². The summed E-state index contributed by atoms with van der Waals surface area (Å²) in [6.07, 6.45) is 14.3. The molecule has 0 aliphatic heterocycles. The van der Waals surface area contributed by atoms with E-state index in [0.29, 0.717) is 0 Å². The Morgan fingerprint density at radius 2 is 1.24 bits per heavy atom. The van der Waals surface area contributed by atoms with E-state index in [1.54, 1.807) is 6.07 Å². The van der Waals surface area contributed by atoms with Gasteiger partial charge in [-0.1, -0.05) is 83.7 Å². The van der Waals surface area contributed by atoms with Crippen molar-refractivity contribution in [2.75, 3.05) is 0 Å². The van der Waals surface area contributed by atoms with E-state index in [0.717, 1.165) is 17.7 Å². The van der Waals surface area contributed by atoms with Crippen LogP contribution in [0.15, 0.2) is 47.4 Å². The first-order valence-electron chi connectivity index (χ1n) is 13.2. The predicted octanol–water partition coefficient (Wildman–Crippen LogP) is 7.06. The summed E-state index contributed by atoms with van der Waals surface area (Å²) in [7, 11) is -9.29. The fourth-order valence-electron chi connectivity index (χ4n) is 6.97. The molecule has 3 N–H and O–H groups in total. The van der Waals surface area contributed by atoms with Crippen LogP contribution in [0.2, 0.25) is 0 Å². The van der Waals surface area contributed by atoms with Crippen LogP contribution in [-0.2, 0) is 25.7 Å². The van der Waals surface area contributed by atoms with Gasteiger partial charge in [-0.3, -0.25) is 13.7 Å². The number of fused-ring (bicyclic) bond motifs is 3. The highest BCUT2D eigenvalue weighted by Crippen LogP contribution is 2.74. The smallest absolute Gasteiger partial charge is 0.282 e. The van der Waals surface area contributed by atoms with Gasteiger partial charge in [0.25, 0.3) is 10.1 Å². The summed E-state index contributed by atoms with van der Waals surface area (Å²) in [4.78, 5) is 0.0455. The molecule has 0 amide bonds. The lowest BCUT2D eigenvalue weighted by Gasteiger charge is -2.50. The van der Waals surface area contributed by atoms with Crippen molar-refractivity contribution in [1.29, 1.82) is 0 Å². The molecular formula is C27H37O7PS2. The molecule has 10 heteroatoms. The third-order valence-electron chi connectivity index (χ3n) is 8.29. The molecule has 0 saturated heterocycles. The van der Waals surface area contributed by atoms with E-state index in [2.05, 4.69) is 31.2 Å². The van der Waals surface area contributed by atoms with E-state index in [9.17, 15) is 13.0 Å². The fraction of sp³-hybridized carbons (Fsp3) is 0.556. The minimum atomic E-state index is -4.67. The van der Waals surface area contributed by atoms with Gasteiger partial charge in [0.1, 0.15) is 0 Å². The largest absolute Gasteiger partial charge is 0.394 e. The van der Waals surface area contributed by atoms with Crippen LogP contribution in [0.5, 0.6) is 0 Å². The molecule has 37 heavy (non-hydrogen) atoms. The van der Waals surface area contributed by atoms with Crippen LogP contribution in [-0.4, -0.2) is 41.8 Å². The fourth-order valence-corrected chi connectivity index (χ4v) is 12.5. The maximum Gasteiger partial charge on any atom is 0.394 e.